The zero-order valence-electron chi connectivity index (χ0n) is 14.5. The summed E-state index contributed by atoms with van der Waals surface area (Å²) in [6.45, 7) is 4.41. The summed E-state index contributed by atoms with van der Waals surface area (Å²) < 4.78 is 1.57. The molecule has 0 aliphatic rings. The molecule has 0 fully saturated rings. The van der Waals surface area contributed by atoms with Gasteiger partial charge in [-0.1, -0.05) is 29.8 Å². The van der Waals surface area contributed by atoms with Crippen LogP contribution in [0.25, 0.3) is 10.9 Å². The second kappa shape index (κ2) is 7.30. The van der Waals surface area contributed by atoms with Crippen LogP contribution in [0.5, 0.6) is 0 Å². The Labute approximate surface area is 146 Å². The number of aromatic nitrogens is 2. The Kier molecular flexibility index (Phi) is 4.93. The molecule has 0 unspecified atom stereocenters. The summed E-state index contributed by atoms with van der Waals surface area (Å²) in [7, 11) is 0. The molecule has 0 aliphatic heterocycles. The van der Waals surface area contributed by atoms with E-state index < -0.39 is 0 Å². The monoisotopic (exact) mass is 335 g/mol. The predicted octanol–water partition coefficient (Wildman–Crippen LogP) is 3.43. The number of hydrogen-bond donors (Lipinski definition) is 1. The summed E-state index contributed by atoms with van der Waals surface area (Å²) in [5, 5.41) is 3.48. The highest BCUT2D eigenvalue weighted by atomic mass is 16.1. The number of nitrogens with one attached hydrogen (secondary N) is 1. The fourth-order valence-electron chi connectivity index (χ4n) is 2.77. The standard InChI is InChI=1S/C20H21N3O2/c1-14-8-10-16(11-9-14)22-18(24)7-4-12-23-13-21-19-15(2)5-3-6-17(19)20(23)25/h3,5-6,8-11,13H,4,7,12H2,1-2H3,(H,22,24). The number of benzene rings is 2. The van der Waals surface area contributed by atoms with Crippen LogP contribution in [0.4, 0.5) is 5.69 Å². The number of fused-ring (bicyclic) bond motifs is 1. The summed E-state index contributed by atoms with van der Waals surface area (Å²) in [5.41, 5.74) is 3.60. The van der Waals surface area contributed by atoms with Crippen LogP contribution >= 0.6 is 0 Å². The highest BCUT2D eigenvalue weighted by Gasteiger charge is 2.07. The van der Waals surface area contributed by atoms with Gasteiger partial charge in [0.15, 0.2) is 0 Å². The van der Waals surface area contributed by atoms with E-state index in [1.807, 2.05) is 50.2 Å². The van der Waals surface area contributed by atoms with E-state index in [2.05, 4.69) is 10.3 Å². The molecule has 5 nitrogen and oxygen atoms in total. The van der Waals surface area contributed by atoms with Crippen LogP contribution in [0, 0.1) is 13.8 Å². The van der Waals surface area contributed by atoms with Crippen LogP contribution < -0.4 is 10.9 Å². The number of rotatable bonds is 5. The number of amides is 1. The van der Waals surface area contributed by atoms with Gasteiger partial charge >= 0.3 is 0 Å². The van der Waals surface area contributed by atoms with Gasteiger partial charge in [-0.3, -0.25) is 14.2 Å². The van der Waals surface area contributed by atoms with Crippen LogP contribution in [0.15, 0.2) is 53.6 Å². The molecule has 1 aromatic heterocycles. The maximum Gasteiger partial charge on any atom is 0.261 e. The summed E-state index contributed by atoms with van der Waals surface area (Å²) in [4.78, 5) is 28.9. The van der Waals surface area contributed by atoms with Crippen LogP contribution in [-0.4, -0.2) is 15.5 Å². The van der Waals surface area contributed by atoms with E-state index in [1.165, 1.54) is 0 Å². The van der Waals surface area contributed by atoms with Crippen molar-refractivity contribution in [3.05, 3.63) is 70.3 Å². The van der Waals surface area contributed by atoms with Crippen LogP contribution in [0.2, 0.25) is 0 Å². The highest BCUT2D eigenvalue weighted by molar-refractivity contribution is 5.90. The number of anilines is 1. The lowest BCUT2D eigenvalue weighted by Gasteiger charge is -2.08. The van der Waals surface area contributed by atoms with E-state index in [9.17, 15) is 9.59 Å². The first-order chi connectivity index (χ1) is 12.0. The molecule has 0 aliphatic carbocycles. The van der Waals surface area contributed by atoms with Crippen molar-refractivity contribution >= 4 is 22.5 Å². The van der Waals surface area contributed by atoms with E-state index in [1.54, 1.807) is 17.0 Å². The van der Waals surface area contributed by atoms with Gasteiger partial charge in [0.05, 0.1) is 17.2 Å². The molecule has 0 radical (unpaired) electrons. The molecule has 3 rings (SSSR count). The van der Waals surface area contributed by atoms with Gasteiger partial charge in [-0.05, 0) is 44.0 Å². The van der Waals surface area contributed by atoms with Crippen molar-refractivity contribution in [3.8, 4) is 0 Å². The third-order valence-corrected chi connectivity index (χ3v) is 4.19. The number of hydrogen-bond acceptors (Lipinski definition) is 3. The van der Waals surface area contributed by atoms with Crippen molar-refractivity contribution in [3.63, 3.8) is 0 Å². The minimum absolute atomic E-state index is 0.0542. The Bertz CT molecular complexity index is 959. The Morgan fingerprint density at radius 1 is 1.12 bits per heavy atom. The SMILES string of the molecule is Cc1ccc(NC(=O)CCCn2cnc3c(C)cccc3c2=O)cc1. The second-order valence-corrected chi connectivity index (χ2v) is 6.23. The predicted molar refractivity (Wildman–Crippen MR) is 99.8 cm³/mol. The lowest BCUT2D eigenvalue weighted by atomic mass is 10.1. The maximum absolute atomic E-state index is 12.5. The highest BCUT2D eigenvalue weighted by Crippen LogP contribution is 2.12. The van der Waals surface area contributed by atoms with Gasteiger partial charge in [-0.25, -0.2) is 4.98 Å². The molecule has 128 valence electrons. The Balaban J connectivity index is 1.61. The third-order valence-electron chi connectivity index (χ3n) is 4.19. The molecule has 1 N–H and O–H groups in total. The molecule has 0 spiro atoms. The number of carbonyl (C=O) groups excluding carboxylic acids is 1. The molecular formula is C20H21N3O2. The van der Waals surface area contributed by atoms with Crippen molar-refractivity contribution in [2.45, 2.75) is 33.2 Å². The molecule has 0 saturated heterocycles. The molecular weight excluding hydrogens is 314 g/mol. The second-order valence-electron chi connectivity index (χ2n) is 6.23. The van der Waals surface area contributed by atoms with Crippen LogP contribution in [0.3, 0.4) is 0 Å². The van der Waals surface area contributed by atoms with Crippen molar-refractivity contribution < 1.29 is 4.79 Å². The number of para-hydroxylation sites is 1. The molecule has 0 atom stereocenters. The third kappa shape index (κ3) is 3.94. The summed E-state index contributed by atoms with van der Waals surface area (Å²) in [6, 6.07) is 13.3. The van der Waals surface area contributed by atoms with Gasteiger partial charge in [0.1, 0.15) is 0 Å². The van der Waals surface area contributed by atoms with E-state index in [0.29, 0.717) is 24.8 Å². The van der Waals surface area contributed by atoms with E-state index in [4.69, 9.17) is 0 Å². The Hall–Kier alpha value is -2.95. The average Bonchev–Trinajstić information content (AvgIpc) is 2.60. The fourth-order valence-corrected chi connectivity index (χ4v) is 2.77. The molecule has 25 heavy (non-hydrogen) atoms. The van der Waals surface area contributed by atoms with Crippen molar-refractivity contribution in [2.24, 2.45) is 0 Å². The van der Waals surface area contributed by atoms with Gasteiger partial charge in [0.2, 0.25) is 5.91 Å². The normalized spacial score (nSPS) is 10.8. The van der Waals surface area contributed by atoms with E-state index in [0.717, 1.165) is 22.3 Å². The minimum Gasteiger partial charge on any atom is -0.326 e. The lowest BCUT2D eigenvalue weighted by molar-refractivity contribution is -0.116. The smallest absolute Gasteiger partial charge is 0.261 e. The summed E-state index contributed by atoms with van der Waals surface area (Å²) in [6.07, 6.45) is 2.50. The summed E-state index contributed by atoms with van der Waals surface area (Å²) >= 11 is 0. The molecule has 0 bridgehead atoms. The van der Waals surface area contributed by atoms with Gasteiger partial charge in [-0.2, -0.15) is 0 Å². The average molecular weight is 335 g/mol. The van der Waals surface area contributed by atoms with Crippen molar-refractivity contribution in [1.29, 1.82) is 0 Å². The molecule has 5 heteroatoms. The maximum atomic E-state index is 12.5. The first-order valence-electron chi connectivity index (χ1n) is 8.36. The largest absolute Gasteiger partial charge is 0.326 e. The van der Waals surface area contributed by atoms with E-state index in [-0.39, 0.29) is 11.5 Å². The van der Waals surface area contributed by atoms with Gasteiger partial charge in [0.25, 0.3) is 5.56 Å². The molecule has 2 aromatic carbocycles. The first-order valence-corrected chi connectivity index (χ1v) is 8.36. The molecule has 0 saturated carbocycles. The van der Waals surface area contributed by atoms with E-state index >= 15 is 0 Å². The van der Waals surface area contributed by atoms with Crippen LogP contribution in [0.1, 0.15) is 24.0 Å². The Morgan fingerprint density at radius 3 is 2.64 bits per heavy atom. The van der Waals surface area contributed by atoms with Gasteiger partial charge < -0.3 is 5.32 Å². The summed E-state index contributed by atoms with van der Waals surface area (Å²) in [5.74, 6) is -0.0542. The molecule has 1 amide bonds. The first kappa shape index (κ1) is 16.9. The number of carbonyl (C=O) groups is 1. The minimum atomic E-state index is -0.0624. The number of nitrogens with zero attached hydrogens (tertiary/aromatic N) is 2. The van der Waals surface area contributed by atoms with Crippen molar-refractivity contribution in [1.82, 2.24) is 9.55 Å². The lowest BCUT2D eigenvalue weighted by Crippen LogP contribution is -2.22. The van der Waals surface area contributed by atoms with Crippen molar-refractivity contribution in [2.75, 3.05) is 5.32 Å². The fraction of sp³-hybridized carbons (Fsp3) is 0.250. The Morgan fingerprint density at radius 2 is 1.88 bits per heavy atom. The molecule has 3 aromatic rings. The van der Waals surface area contributed by atoms with Gasteiger partial charge in [0, 0.05) is 18.7 Å². The zero-order chi connectivity index (χ0) is 17.8. The topological polar surface area (TPSA) is 64.0 Å². The number of aryl methyl sites for hydroxylation is 3. The zero-order valence-corrected chi connectivity index (χ0v) is 14.5. The van der Waals surface area contributed by atoms with Crippen LogP contribution in [-0.2, 0) is 11.3 Å². The molecule has 1 heterocycles. The van der Waals surface area contributed by atoms with Gasteiger partial charge in [-0.15, -0.1) is 0 Å². The quantitative estimate of drug-likeness (QED) is 0.777.